The van der Waals surface area contributed by atoms with Crippen molar-refractivity contribution in [1.29, 1.82) is 0 Å². The van der Waals surface area contributed by atoms with Crippen LogP contribution in [0.5, 0.6) is 0 Å². The van der Waals surface area contributed by atoms with Gasteiger partial charge in [0.15, 0.2) is 5.78 Å². The van der Waals surface area contributed by atoms with Crippen molar-refractivity contribution in [2.45, 2.75) is 0 Å². The summed E-state index contributed by atoms with van der Waals surface area (Å²) >= 11 is 0. The summed E-state index contributed by atoms with van der Waals surface area (Å²) in [6.45, 7) is 0. The van der Waals surface area contributed by atoms with E-state index >= 15 is 0 Å². The summed E-state index contributed by atoms with van der Waals surface area (Å²) in [6, 6.07) is 13.1. The number of carbonyl (C=O) groups excluding carboxylic acids is 3. The molecule has 2 N–H and O–H groups in total. The van der Waals surface area contributed by atoms with Gasteiger partial charge in [-0.3, -0.25) is 14.4 Å². The lowest BCUT2D eigenvalue weighted by Crippen LogP contribution is -1.99. The van der Waals surface area contributed by atoms with Crippen molar-refractivity contribution in [2.24, 2.45) is 0 Å². The molecule has 2 aromatic carbocycles. The molecule has 1 aliphatic rings. The molecule has 0 spiro atoms. The van der Waals surface area contributed by atoms with Crippen LogP contribution in [0, 0.1) is 0 Å². The van der Waals surface area contributed by atoms with Gasteiger partial charge in [-0.1, -0.05) is 24.3 Å². The van der Waals surface area contributed by atoms with E-state index in [1.165, 1.54) is 0 Å². The van der Waals surface area contributed by atoms with Gasteiger partial charge in [0.2, 0.25) is 0 Å². The molecule has 0 saturated heterocycles. The van der Waals surface area contributed by atoms with Gasteiger partial charge in [0.25, 0.3) is 0 Å². The second kappa shape index (κ2) is 7.52. The van der Waals surface area contributed by atoms with Gasteiger partial charge in [0.1, 0.15) is 23.2 Å². The second-order valence-corrected chi connectivity index (χ2v) is 8.66. The maximum Gasteiger partial charge on any atom is 0.194 e. The summed E-state index contributed by atoms with van der Waals surface area (Å²) in [4.78, 5) is 49.2. The molecule has 0 fully saturated rings. The van der Waals surface area contributed by atoms with E-state index in [4.69, 9.17) is 0 Å². The predicted octanol–water partition coefficient (Wildman–Crippen LogP) is 2.67. The van der Waals surface area contributed by atoms with E-state index in [0.29, 0.717) is 22.3 Å². The SMILES string of the molecule is O=CPc1ncc(-c2ccc3c(c2)C(=O)c2cc(-c4cnc(PC=O)[nH]4)ccc2-3)[nH]1. The highest BCUT2D eigenvalue weighted by atomic mass is 31.1. The zero-order valence-corrected chi connectivity index (χ0v) is 17.4. The highest BCUT2D eigenvalue weighted by molar-refractivity contribution is 7.62. The van der Waals surface area contributed by atoms with Crippen molar-refractivity contribution in [3.05, 3.63) is 59.9 Å². The predicted molar refractivity (Wildman–Crippen MR) is 120 cm³/mol. The minimum atomic E-state index is -0.0345. The van der Waals surface area contributed by atoms with Crippen LogP contribution in [-0.2, 0) is 9.59 Å². The average molecular weight is 432 g/mol. The Morgan fingerprint density at radius 3 is 1.60 bits per heavy atom. The lowest BCUT2D eigenvalue weighted by Gasteiger charge is -2.04. The zero-order valence-electron chi connectivity index (χ0n) is 15.4. The van der Waals surface area contributed by atoms with E-state index in [0.717, 1.165) is 45.7 Å². The lowest BCUT2D eigenvalue weighted by molar-refractivity contribution is 0.104. The summed E-state index contributed by atoms with van der Waals surface area (Å²) in [5.41, 5.74) is 7.54. The van der Waals surface area contributed by atoms with Crippen LogP contribution in [0.15, 0.2) is 48.8 Å². The van der Waals surface area contributed by atoms with Crippen LogP contribution in [0.3, 0.4) is 0 Å². The molecule has 2 unspecified atom stereocenters. The first-order valence-electron chi connectivity index (χ1n) is 9.02. The summed E-state index contributed by atoms with van der Waals surface area (Å²) in [7, 11) is -0.0519. The molecule has 1 aliphatic carbocycles. The number of nitrogens with zero attached hydrogens (tertiary/aromatic N) is 2. The number of benzene rings is 2. The Morgan fingerprint density at radius 1 is 0.700 bits per heavy atom. The first kappa shape index (κ1) is 18.7. The topological polar surface area (TPSA) is 109 Å². The van der Waals surface area contributed by atoms with Crippen LogP contribution >= 0.6 is 17.2 Å². The van der Waals surface area contributed by atoms with E-state index < -0.39 is 0 Å². The molecule has 5 rings (SSSR count). The smallest absolute Gasteiger partial charge is 0.194 e. The molecule has 0 radical (unpaired) electrons. The van der Waals surface area contributed by atoms with Gasteiger partial charge in [0, 0.05) is 39.4 Å². The van der Waals surface area contributed by atoms with E-state index in [1.807, 2.05) is 36.4 Å². The number of H-pyrrole nitrogens is 2. The molecule has 0 saturated carbocycles. The van der Waals surface area contributed by atoms with Gasteiger partial charge in [0.05, 0.1) is 23.8 Å². The molecule has 9 heteroatoms. The van der Waals surface area contributed by atoms with Crippen molar-refractivity contribution < 1.29 is 14.4 Å². The number of carbonyl (C=O) groups is 3. The molecular formula is C21H14N4O3P2. The maximum absolute atomic E-state index is 13.1. The number of hydrogen-bond acceptors (Lipinski definition) is 5. The number of hydrogen-bond donors (Lipinski definition) is 2. The molecule has 0 aliphatic heterocycles. The van der Waals surface area contributed by atoms with Gasteiger partial charge in [-0.25, -0.2) is 9.97 Å². The molecule has 0 bridgehead atoms. The van der Waals surface area contributed by atoms with Crippen LogP contribution in [-0.4, -0.2) is 37.8 Å². The Balaban J connectivity index is 1.50. The Hall–Kier alpha value is -3.27. The van der Waals surface area contributed by atoms with Crippen molar-refractivity contribution in [1.82, 2.24) is 19.9 Å². The van der Waals surface area contributed by atoms with Crippen LogP contribution in [0.25, 0.3) is 33.6 Å². The fourth-order valence-corrected chi connectivity index (χ4v) is 4.52. The Labute approximate surface area is 174 Å². The molecule has 146 valence electrons. The second-order valence-electron chi connectivity index (χ2n) is 6.67. The van der Waals surface area contributed by atoms with E-state index in [9.17, 15) is 14.4 Å². The van der Waals surface area contributed by atoms with Crippen LogP contribution in [0.1, 0.15) is 15.9 Å². The molecule has 2 aromatic heterocycles. The number of nitrogens with one attached hydrogen (secondary N) is 2. The largest absolute Gasteiger partial charge is 0.338 e. The molecule has 30 heavy (non-hydrogen) atoms. The monoisotopic (exact) mass is 432 g/mol. The van der Waals surface area contributed by atoms with E-state index in [1.54, 1.807) is 12.4 Å². The fraction of sp³-hybridized carbons (Fsp3) is 0. The summed E-state index contributed by atoms with van der Waals surface area (Å²) < 4.78 is 0. The molecule has 4 aromatic rings. The minimum absolute atomic E-state index is 0.0260. The molecule has 2 atom stereocenters. The lowest BCUT2D eigenvalue weighted by atomic mass is 10.0. The van der Waals surface area contributed by atoms with Crippen molar-refractivity contribution >= 4 is 46.1 Å². The standard InChI is InChI=1S/C21H14N4O3P2/c26-9-29-20-22-7-17(24-20)11-1-3-13-14-4-2-12(6-16(14)19(28)15(13)5-11)18-8-23-21(25-18)30-10-27/h1-10,29-30H,(H,22,24)(H,23,25). The zero-order chi connectivity index (χ0) is 20.7. The van der Waals surface area contributed by atoms with Crippen molar-refractivity contribution in [3.8, 4) is 33.6 Å². The average Bonchev–Trinajstić information content (AvgIpc) is 3.48. The summed E-state index contributed by atoms with van der Waals surface area (Å²) in [5, 5.41) is 0. The minimum Gasteiger partial charge on any atom is -0.338 e. The normalized spacial score (nSPS) is 12.7. The van der Waals surface area contributed by atoms with Gasteiger partial charge in [-0.15, -0.1) is 0 Å². The highest BCUT2D eigenvalue weighted by Crippen LogP contribution is 2.40. The molecule has 0 amide bonds. The highest BCUT2D eigenvalue weighted by Gasteiger charge is 2.27. The Kier molecular flexibility index (Phi) is 4.70. The third kappa shape index (κ3) is 3.13. The summed E-state index contributed by atoms with van der Waals surface area (Å²) in [5.74, 6) is -0.0345. The summed E-state index contributed by atoms with van der Waals surface area (Å²) in [6.07, 6.45) is 3.35. The van der Waals surface area contributed by atoms with Gasteiger partial charge >= 0.3 is 0 Å². The van der Waals surface area contributed by atoms with Crippen molar-refractivity contribution in [3.63, 3.8) is 0 Å². The quantitative estimate of drug-likeness (QED) is 0.317. The molecule has 2 heterocycles. The van der Waals surface area contributed by atoms with E-state index in [2.05, 4.69) is 19.9 Å². The fourth-order valence-electron chi connectivity index (χ4n) is 3.61. The Bertz CT molecular complexity index is 1230. The number of ketones is 1. The number of aromatic amines is 2. The van der Waals surface area contributed by atoms with E-state index in [-0.39, 0.29) is 22.9 Å². The van der Waals surface area contributed by atoms with Crippen molar-refractivity contribution in [2.75, 3.05) is 0 Å². The third-order valence-electron chi connectivity index (χ3n) is 4.98. The van der Waals surface area contributed by atoms with Gasteiger partial charge in [-0.2, -0.15) is 0 Å². The van der Waals surface area contributed by atoms with Crippen LogP contribution < -0.4 is 11.1 Å². The van der Waals surface area contributed by atoms with Gasteiger partial charge in [-0.05, 0) is 23.3 Å². The number of rotatable bonds is 6. The Morgan fingerprint density at radius 2 is 1.17 bits per heavy atom. The third-order valence-corrected chi connectivity index (χ3v) is 6.27. The molecule has 7 nitrogen and oxygen atoms in total. The van der Waals surface area contributed by atoms with Gasteiger partial charge < -0.3 is 9.97 Å². The molecular weight excluding hydrogens is 418 g/mol. The maximum atomic E-state index is 13.1. The number of imidazole rings is 2. The van der Waals surface area contributed by atoms with Crippen LogP contribution in [0.2, 0.25) is 0 Å². The number of aromatic nitrogens is 4. The first-order chi connectivity index (χ1) is 14.7. The first-order valence-corrected chi connectivity index (χ1v) is 11.2. The van der Waals surface area contributed by atoms with Crippen LogP contribution in [0.4, 0.5) is 0 Å². The number of fused-ring (bicyclic) bond motifs is 3.